The minimum absolute atomic E-state index is 0.191. The molecule has 1 saturated heterocycles. The molecule has 3 rings (SSSR count). The van der Waals surface area contributed by atoms with Crippen LogP contribution in [0.15, 0.2) is 24.3 Å². The lowest BCUT2D eigenvalue weighted by atomic mass is 9.73. The van der Waals surface area contributed by atoms with E-state index in [0.29, 0.717) is 12.0 Å². The number of hydrogen-bond acceptors (Lipinski definition) is 2. The average Bonchev–Trinajstić information content (AvgIpc) is 2.91. The van der Waals surface area contributed by atoms with Crippen LogP contribution in [0.4, 0.5) is 0 Å². The normalized spacial score (nSPS) is 21.4. The monoisotopic (exact) mass is 272 g/mol. The van der Waals surface area contributed by atoms with Gasteiger partial charge in [0, 0.05) is 25.2 Å². The van der Waals surface area contributed by atoms with Gasteiger partial charge in [-0.1, -0.05) is 31.4 Å². The van der Waals surface area contributed by atoms with E-state index >= 15 is 0 Å². The molecule has 1 amide bonds. The number of rotatable bonds is 2. The third-order valence-electron chi connectivity index (χ3n) is 5.08. The van der Waals surface area contributed by atoms with Crippen molar-refractivity contribution in [2.24, 2.45) is 11.1 Å². The summed E-state index contributed by atoms with van der Waals surface area (Å²) in [5.74, 6) is 0.191. The second-order valence-corrected chi connectivity index (χ2v) is 6.44. The molecule has 1 aliphatic carbocycles. The molecule has 2 aliphatic rings. The second-order valence-electron chi connectivity index (χ2n) is 6.44. The van der Waals surface area contributed by atoms with Gasteiger partial charge in [-0.05, 0) is 42.4 Å². The first-order chi connectivity index (χ1) is 9.72. The maximum Gasteiger partial charge on any atom is 0.253 e. The van der Waals surface area contributed by atoms with Crippen LogP contribution in [-0.4, -0.2) is 23.9 Å². The highest BCUT2D eigenvalue weighted by atomic mass is 16.2. The van der Waals surface area contributed by atoms with Crippen molar-refractivity contribution in [3.05, 3.63) is 35.4 Å². The van der Waals surface area contributed by atoms with E-state index in [1.54, 1.807) is 0 Å². The molecule has 0 atom stereocenters. The molecular weight excluding hydrogens is 248 g/mol. The standard InChI is InChI=1S/C17H24N2O/c18-12-14-4-6-15(7-5-14)16(20)19-11-10-17(13-19)8-2-1-3-9-17/h4-7H,1-3,8-13,18H2. The van der Waals surface area contributed by atoms with Crippen LogP contribution in [0.5, 0.6) is 0 Å². The lowest BCUT2D eigenvalue weighted by Gasteiger charge is -2.33. The van der Waals surface area contributed by atoms with Gasteiger partial charge in [-0.2, -0.15) is 0 Å². The Hall–Kier alpha value is -1.35. The maximum absolute atomic E-state index is 12.6. The molecule has 1 saturated carbocycles. The van der Waals surface area contributed by atoms with Gasteiger partial charge in [-0.15, -0.1) is 0 Å². The van der Waals surface area contributed by atoms with Crippen molar-refractivity contribution >= 4 is 5.91 Å². The van der Waals surface area contributed by atoms with Crippen LogP contribution >= 0.6 is 0 Å². The number of amides is 1. The molecule has 20 heavy (non-hydrogen) atoms. The lowest BCUT2D eigenvalue weighted by Crippen LogP contribution is -2.33. The summed E-state index contributed by atoms with van der Waals surface area (Å²) < 4.78 is 0. The summed E-state index contributed by atoms with van der Waals surface area (Å²) in [6.07, 6.45) is 7.86. The smallest absolute Gasteiger partial charge is 0.253 e. The van der Waals surface area contributed by atoms with Crippen LogP contribution in [0.1, 0.15) is 54.4 Å². The molecule has 0 aromatic heterocycles. The first kappa shape index (κ1) is 13.6. The molecule has 1 heterocycles. The van der Waals surface area contributed by atoms with E-state index < -0.39 is 0 Å². The number of nitrogens with zero attached hydrogens (tertiary/aromatic N) is 1. The summed E-state index contributed by atoms with van der Waals surface area (Å²) in [6, 6.07) is 7.74. The van der Waals surface area contributed by atoms with Gasteiger partial charge in [-0.3, -0.25) is 4.79 Å². The second kappa shape index (κ2) is 5.57. The van der Waals surface area contributed by atoms with Crippen molar-refractivity contribution < 1.29 is 4.79 Å². The molecule has 2 N–H and O–H groups in total. The topological polar surface area (TPSA) is 46.3 Å². The zero-order valence-electron chi connectivity index (χ0n) is 12.1. The van der Waals surface area contributed by atoms with E-state index in [-0.39, 0.29) is 5.91 Å². The van der Waals surface area contributed by atoms with Gasteiger partial charge in [0.05, 0.1) is 0 Å². The summed E-state index contributed by atoms with van der Waals surface area (Å²) in [5, 5.41) is 0. The Morgan fingerprint density at radius 1 is 1.10 bits per heavy atom. The predicted molar refractivity (Wildman–Crippen MR) is 80.4 cm³/mol. The van der Waals surface area contributed by atoms with E-state index in [9.17, 15) is 4.79 Å². The fourth-order valence-corrected chi connectivity index (χ4v) is 3.78. The van der Waals surface area contributed by atoms with Crippen LogP contribution in [-0.2, 0) is 6.54 Å². The van der Waals surface area contributed by atoms with Gasteiger partial charge in [0.1, 0.15) is 0 Å². The molecule has 108 valence electrons. The Morgan fingerprint density at radius 2 is 1.80 bits per heavy atom. The van der Waals surface area contributed by atoms with E-state index in [4.69, 9.17) is 5.73 Å². The minimum atomic E-state index is 0.191. The van der Waals surface area contributed by atoms with Gasteiger partial charge < -0.3 is 10.6 Å². The Morgan fingerprint density at radius 3 is 2.45 bits per heavy atom. The van der Waals surface area contributed by atoms with Crippen LogP contribution < -0.4 is 5.73 Å². The van der Waals surface area contributed by atoms with Crippen molar-refractivity contribution in [2.75, 3.05) is 13.1 Å². The van der Waals surface area contributed by atoms with Crippen LogP contribution in [0.2, 0.25) is 0 Å². The van der Waals surface area contributed by atoms with Crippen molar-refractivity contribution in [1.82, 2.24) is 4.90 Å². The highest BCUT2D eigenvalue weighted by molar-refractivity contribution is 5.94. The molecule has 0 bridgehead atoms. The fraction of sp³-hybridized carbons (Fsp3) is 0.588. The molecule has 3 nitrogen and oxygen atoms in total. The van der Waals surface area contributed by atoms with E-state index in [1.165, 1.54) is 38.5 Å². The Bertz CT molecular complexity index is 474. The van der Waals surface area contributed by atoms with Crippen LogP contribution in [0.3, 0.4) is 0 Å². The summed E-state index contributed by atoms with van der Waals surface area (Å²) in [7, 11) is 0. The summed E-state index contributed by atoms with van der Waals surface area (Å²) >= 11 is 0. The van der Waals surface area contributed by atoms with Crippen LogP contribution in [0.25, 0.3) is 0 Å². The highest BCUT2D eigenvalue weighted by Gasteiger charge is 2.40. The first-order valence-corrected chi connectivity index (χ1v) is 7.81. The first-order valence-electron chi connectivity index (χ1n) is 7.81. The predicted octanol–water partition coefficient (Wildman–Crippen LogP) is 2.94. The summed E-state index contributed by atoms with van der Waals surface area (Å²) in [5.41, 5.74) is 7.91. The quantitative estimate of drug-likeness (QED) is 0.899. The van der Waals surface area contributed by atoms with Gasteiger partial charge in [-0.25, -0.2) is 0 Å². The number of nitrogens with two attached hydrogens (primary N) is 1. The van der Waals surface area contributed by atoms with E-state index in [1.807, 2.05) is 24.3 Å². The highest BCUT2D eigenvalue weighted by Crippen LogP contribution is 2.43. The lowest BCUT2D eigenvalue weighted by molar-refractivity contribution is 0.0759. The van der Waals surface area contributed by atoms with Crippen molar-refractivity contribution in [1.29, 1.82) is 0 Å². The molecule has 2 fully saturated rings. The summed E-state index contributed by atoms with van der Waals surface area (Å²) in [4.78, 5) is 14.6. The number of carbonyl (C=O) groups is 1. The Kier molecular flexibility index (Phi) is 3.79. The van der Waals surface area contributed by atoms with Crippen molar-refractivity contribution in [3.63, 3.8) is 0 Å². The zero-order valence-corrected chi connectivity index (χ0v) is 12.1. The minimum Gasteiger partial charge on any atom is -0.338 e. The van der Waals surface area contributed by atoms with Crippen LogP contribution in [0, 0.1) is 5.41 Å². The molecule has 1 aliphatic heterocycles. The molecule has 1 aromatic carbocycles. The summed E-state index contributed by atoms with van der Waals surface area (Å²) in [6.45, 7) is 2.42. The van der Waals surface area contributed by atoms with Crippen molar-refractivity contribution in [3.8, 4) is 0 Å². The number of likely N-dealkylation sites (tertiary alicyclic amines) is 1. The van der Waals surface area contributed by atoms with E-state index in [2.05, 4.69) is 4.90 Å². The number of carbonyl (C=O) groups excluding carboxylic acids is 1. The molecule has 1 aromatic rings. The third-order valence-corrected chi connectivity index (χ3v) is 5.08. The largest absolute Gasteiger partial charge is 0.338 e. The van der Waals surface area contributed by atoms with E-state index in [0.717, 1.165) is 24.2 Å². The molecule has 0 unspecified atom stereocenters. The van der Waals surface area contributed by atoms with Crippen molar-refractivity contribution in [2.45, 2.75) is 45.1 Å². The molecule has 3 heteroatoms. The zero-order chi connectivity index (χ0) is 14.0. The SMILES string of the molecule is NCc1ccc(C(=O)N2CCC3(CCCCC3)C2)cc1. The maximum atomic E-state index is 12.6. The Balaban J connectivity index is 1.68. The molecule has 0 radical (unpaired) electrons. The fourth-order valence-electron chi connectivity index (χ4n) is 3.78. The van der Waals surface area contributed by atoms with Gasteiger partial charge in [0.15, 0.2) is 0 Å². The van der Waals surface area contributed by atoms with Gasteiger partial charge in [0.2, 0.25) is 0 Å². The Labute approximate surface area is 121 Å². The molecular formula is C17H24N2O. The van der Waals surface area contributed by atoms with Gasteiger partial charge in [0.25, 0.3) is 5.91 Å². The average molecular weight is 272 g/mol. The number of hydrogen-bond donors (Lipinski definition) is 1. The molecule has 1 spiro atoms. The third kappa shape index (κ3) is 2.59. The number of benzene rings is 1. The van der Waals surface area contributed by atoms with Gasteiger partial charge >= 0.3 is 0 Å².